The molecule has 2 unspecified atom stereocenters. The third-order valence-corrected chi connectivity index (χ3v) is 9.89. The van der Waals surface area contributed by atoms with Gasteiger partial charge in [0.25, 0.3) is 0 Å². The van der Waals surface area contributed by atoms with Crippen molar-refractivity contribution in [2.75, 3.05) is 24.3 Å². The predicted molar refractivity (Wildman–Crippen MR) is 187 cm³/mol. The molecule has 1 aromatic heterocycles. The largest absolute Gasteiger partial charge is 0.453 e. The van der Waals surface area contributed by atoms with Gasteiger partial charge in [0.15, 0.2) is 0 Å². The lowest BCUT2D eigenvalue weighted by molar-refractivity contribution is -0.135. The number of aromatic amines is 1. The first-order valence-electron chi connectivity index (χ1n) is 16.8. The molecule has 9 nitrogen and oxygen atoms in total. The van der Waals surface area contributed by atoms with Gasteiger partial charge in [0.1, 0.15) is 11.9 Å². The molecule has 2 aliphatic heterocycles. The fourth-order valence-corrected chi connectivity index (χ4v) is 7.28. The summed E-state index contributed by atoms with van der Waals surface area (Å²) in [5, 5.41) is 2.73. The highest BCUT2D eigenvalue weighted by molar-refractivity contribution is 5.86. The number of imidazole rings is 1. The Bertz CT molecular complexity index is 1720. The molecule has 2 amide bonds. The van der Waals surface area contributed by atoms with Crippen molar-refractivity contribution in [1.29, 1.82) is 0 Å². The van der Waals surface area contributed by atoms with E-state index >= 15 is 0 Å². The molecule has 0 spiro atoms. The zero-order valence-corrected chi connectivity index (χ0v) is 28.4. The summed E-state index contributed by atoms with van der Waals surface area (Å²) >= 11 is 0. The van der Waals surface area contributed by atoms with E-state index in [0.29, 0.717) is 6.54 Å². The second kappa shape index (κ2) is 12.9. The molecule has 4 aromatic rings. The Balaban J connectivity index is 1.31. The van der Waals surface area contributed by atoms with E-state index in [1.165, 1.54) is 29.5 Å². The average molecular weight is 637 g/mol. The summed E-state index contributed by atoms with van der Waals surface area (Å²) < 4.78 is 4.79. The number of fused-ring (bicyclic) bond motifs is 1. The molecule has 0 saturated carbocycles. The maximum absolute atomic E-state index is 13.7. The van der Waals surface area contributed by atoms with Gasteiger partial charge in [-0.2, -0.15) is 0 Å². The molecule has 2 aliphatic rings. The lowest BCUT2D eigenvalue weighted by Crippen LogP contribution is -2.51. The predicted octanol–water partition coefficient (Wildman–Crippen LogP) is 7.57. The number of aromatic nitrogens is 2. The normalized spacial score (nSPS) is 20.6. The van der Waals surface area contributed by atoms with Gasteiger partial charge in [-0.25, -0.2) is 9.78 Å². The molecule has 3 aromatic carbocycles. The molecule has 9 heteroatoms. The van der Waals surface area contributed by atoms with Crippen LogP contribution in [-0.4, -0.2) is 46.6 Å². The zero-order valence-electron chi connectivity index (χ0n) is 28.4. The molecule has 248 valence electrons. The van der Waals surface area contributed by atoms with Crippen LogP contribution in [0, 0.1) is 5.92 Å². The summed E-state index contributed by atoms with van der Waals surface area (Å²) in [7, 11) is 1.31. The molecule has 0 bridgehead atoms. The smallest absolute Gasteiger partial charge is 0.407 e. The summed E-state index contributed by atoms with van der Waals surface area (Å²) in [6.07, 6.45) is 3.11. The van der Waals surface area contributed by atoms with E-state index in [1.807, 2.05) is 30.9 Å². The van der Waals surface area contributed by atoms with Gasteiger partial charge < -0.3 is 30.6 Å². The van der Waals surface area contributed by atoms with Gasteiger partial charge in [0.2, 0.25) is 5.91 Å². The fraction of sp³-hybridized carbons (Fsp3) is 0.447. The number of anilines is 2. The second-order valence-electron chi connectivity index (χ2n) is 14.4. The second-order valence-corrected chi connectivity index (χ2v) is 14.4. The number of nitrogens with one attached hydrogen (secondary N) is 2. The van der Waals surface area contributed by atoms with Crippen LogP contribution < -0.4 is 16.0 Å². The number of hydrogen-bond donors (Lipinski definition) is 3. The summed E-state index contributed by atoms with van der Waals surface area (Å²) in [5.74, 6) is 0.586. The van der Waals surface area contributed by atoms with E-state index in [0.717, 1.165) is 48.2 Å². The SMILES string of the molecule is COC(=O)N[C@H](C(=O)N1CCC[C@H]1c1nc2cc(C3CCC(c4ccc(N)cc4)N3c3ccc(C(C)(C)C)cc3)ccc2[nH]1)C(C)C. The number of methoxy groups -OCH3 is 1. The Morgan fingerprint density at radius 2 is 1.60 bits per heavy atom. The van der Waals surface area contributed by atoms with Gasteiger partial charge in [-0.05, 0) is 90.1 Å². The van der Waals surface area contributed by atoms with Crippen LogP contribution in [0.3, 0.4) is 0 Å². The van der Waals surface area contributed by atoms with Crippen molar-refractivity contribution in [3.63, 3.8) is 0 Å². The van der Waals surface area contributed by atoms with E-state index in [4.69, 9.17) is 15.5 Å². The number of hydrogen-bond acceptors (Lipinski definition) is 6. The Kier molecular flexibility index (Phi) is 8.92. The van der Waals surface area contributed by atoms with Crippen LogP contribution in [0.15, 0.2) is 66.7 Å². The molecule has 2 saturated heterocycles. The van der Waals surface area contributed by atoms with Crippen LogP contribution in [0.5, 0.6) is 0 Å². The molecule has 4 atom stereocenters. The lowest BCUT2D eigenvalue weighted by Gasteiger charge is -2.34. The minimum Gasteiger partial charge on any atom is -0.453 e. The first kappa shape index (κ1) is 32.4. The third-order valence-electron chi connectivity index (χ3n) is 9.89. The molecule has 3 heterocycles. The number of alkyl carbamates (subject to hydrolysis) is 1. The van der Waals surface area contributed by atoms with E-state index in [-0.39, 0.29) is 35.4 Å². The minimum atomic E-state index is -0.668. The van der Waals surface area contributed by atoms with E-state index in [2.05, 4.69) is 90.6 Å². The number of carbonyl (C=O) groups excluding carboxylic acids is 2. The number of ether oxygens (including phenoxy) is 1. The molecule has 0 radical (unpaired) electrons. The van der Waals surface area contributed by atoms with Gasteiger partial charge >= 0.3 is 6.09 Å². The van der Waals surface area contributed by atoms with Crippen molar-refractivity contribution in [3.8, 4) is 0 Å². The van der Waals surface area contributed by atoms with Crippen molar-refractivity contribution in [1.82, 2.24) is 20.2 Å². The van der Waals surface area contributed by atoms with Crippen LogP contribution in [0.4, 0.5) is 16.2 Å². The van der Waals surface area contributed by atoms with Crippen LogP contribution in [0.1, 0.15) is 101 Å². The number of nitrogens with zero attached hydrogens (tertiary/aromatic N) is 3. The number of H-pyrrole nitrogens is 1. The number of amides is 2. The van der Waals surface area contributed by atoms with Crippen LogP contribution in [0.2, 0.25) is 0 Å². The van der Waals surface area contributed by atoms with Crippen molar-refractivity contribution < 1.29 is 14.3 Å². The topological polar surface area (TPSA) is 117 Å². The quantitative estimate of drug-likeness (QED) is 0.180. The standard InChI is InChI=1S/C38H48N6O3/c1-23(2)34(42-37(46)47-6)36(45)43-21-7-8-33(43)35-40-29-18-11-25(22-30(29)41-35)32-20-19-31(24-9-14-27(39)15-10-24)44(32)28-16-12-26(13-17-28)38(3,4)5/h9-18,22-23,31-34H,7-8,19-21,39H2,1-6H3,(H,40,41)(H,42,46)/t31?,32?,33-,34-/m0/s1. The van der Waals surface area contributed by atoms with Crippen LogP contribution in [-0.2, 0) is 14.9 Å². The van der Waals surface area contributed by atoms with E-state index < -0.39 is 12.1 Å². The number of benzene rings is 3. The zero-order chi connectivity index (χ0) is 33.5. The van der Waals surface area contributed by atoms with Crippen molar-refractivity contribution in [3.05, 3.63) is 89.2 Å². The fourth-order valence-electron chi connectivity index (χ4n) is 7.28. The third kappa shape index (κ3) is 6.53. The Labute approximate surface area is 277 Å². The van der Waals surface area contributed by atoms with Crippen molar-refractivity contribution in [2.45, 2.75) is 89.9 Å². The number of rotatable bonds is 7. The highest BCUT2D eigenvalue weighted by atomic mass is 16.5. The van der Waals surface area contributed by atoms with Gasteiger partial charge in [0, 0.05) is 17.9 Å². The van der Waals surface area contributed by atoms with Gasteiger partial charge in [0.05, 0.1) is 36.3 Å². The van der Waals surface area contributed by atoms with Gasteiger partial charge in [-0.1, -0.05) is 65.0 Å². The monoisotopic (exact) mass is 636 g/mol. The molecular formula is C38H48N6O3. The molecule has 47 heavy (non-hydrogen) atoms. The first-order chi connectivity index (χ1) is 22.4. The van der Waals surface area contributed by atoms with E-state index in [1.54, 1.807) is 0 Å². The lowest BCUT2D eigenvalue weighted by atomic mass is 9.87. The highest BCUT2D eigenvalue weighted by Gasteiger charge is 2.38. The summed E-state index contributed by atoms with van der Waals surface area (Å²) in [4.78, 5) is 38.7. The Morgan fingerprint density at radius 3 is 2.23 bits per heavy atom. The summed E-state index contributed by atoms with van der Waals surface area (Å²) in [6.45, 7) is 11.2. The molecule has 2 fully saturated rings. The van der Waals surface area contributed by atoms with Gasteiger partial charge in [-0.3, -0.25) is 4.79 Å². The minimum absolute atomic E-state index is 0.0784. The Hall–Kier alpha value is -4.53. The Morgan fingerprint density at radius 1 is 0.936 bits per heavy atom. The number of likely N-dealkylation sites (tertiary alicyclic amines) is 1. The maximum Gasteiger partial charge on any atom is 0.407 e. The van der Waals surface area contributed by atoms with Crippen LogP contribution in [0.25, 0.3) is 11.0 Å². The molecule has 6 rings (SSSR count). The average Bonchev–Trinajstić information content (AvgIpc) is 3.81. The summed E-state index contributed by atoms with van der Waals surface area (Å²) in [6, 6.07) is 23.4. The van der Waals surface area contributed by atoms with Gasteiger partial charge in [-0.15, -0.1) is 0 Å². The number of nitrogens with two attached hydrogens (primary N) is 1. The highest BCUT2D eigenvalue weighted by Crippen LogP contribution is 2.47. The molecular weight excluding hydrogens is 588 g/mol. The molecule has 0 aliphatic carbocycles. The van der Waals surface area contributed by atoms with Crippen molar-refractivity contribution in [2.24, 2.45) is 5.92 Å². The maximum atomic E-state index is 13.7. The van der Waals surface area contributed by atoms with E-state index in [9.17, 15) is 9.59 Å². The summed E-state index contributed by atoms with van der Waals surface area (Å²) in [5.41, 5.74) is 13.7. The van der Waals surface area contributed by atoms with Crippen molar-refractivity contribution >= 4 is 34.4 Å². The number of carbonyl (C=O) groups is 2. The molecule has 4 N–H and O–H groups in total. The first-order valence-corrected chi connectivity index (χ1v) is 16.8. The number of nitrogen functional groups attached to an aromatic ring is 1. The van der Waals surface area contributed by atoms with Crippen LogP contribution >= 0.6 is 0 Å².